The van der Waals surface area contributed by atoms with Gasteiger partial charge in [-0.05, 0) is 64.2 Å². The molecule has 1 amide bonds. The molecule has 2 rings (SSSR count). The van der Waals surface area contributed by atoms with Crippen molar-refractivity contribution in [3.63, 3.8) is 0 Å². The Morgan fingerprint density at radius 3 is 2.50 bits per heavy atom. The summed E-state index contributed by atoms with van der Waals surface area (Å²) in [6, 6.07) is 1.58. The first-order chi connectivity index (χ1) is 12.0. The molecule has 0 aromatic heterocycles. The smallest absolute Gasteiger partial charge is 0.410 e. The van der Waals surface area contributed by atoms with Gasteiger partial charge in [0.25, 0.3) is 0 Å². The van der Waals surface area contributed by atoms with E-state index < -0.39 is 29.1 Å². The van der Waals surface area contributed by atoms with Crippen LogP contribution in [-0.2, 0) is 4.74 Å². The zero-order chi connectivity index (χ0) is 19.6. The third kappa shape index (κ3) is 5.02. The maximum absolute atomic E-state index is 14.1. The number of hydrogen-bond acceptors (Lipinski definition) is 3. The number of amides is 1. The first kappa shape index (κ1) is 20.3. The van der Waals surface area contributed by atoms with Crippen molar-refractivity contribution in [3.8, 4) is 0 Å². The summed E-state index contributed by atoms with van der Waals surface area (Å²) in [6.45, 7) is 9.32. The van der Waals surface area contributed by atoms with Crippen molar-refractivity contribution in [1.29, 1.82) is 0 Å². The van der Waals surface area contributed by atoms with Crippen LogP contribution in [0.5, 0.6) is 0 Å². The Morgan fingerprint density at radius 1 is 1.23 bits per heavy atom. The highest BCUT2D eigenvalue weighted by Gasteiger charge is 2.34. The van der Waals surface area contributed by atoms with Crippen molar-refractivity contribution < 1.29 is 23.1 Å². The van der Waals surface area contributed by atoms with E-state index in [2.05, 4.69) is 6.92 Å². The maximum Gasteiger partial charge on any atom is 0.410 e. The molecule has 0 spiro atoms. The van der Waals surface area contributed by atoms with Crippen LogP contribution in [0.3, 0.4) is 0 Å². The van der Waals surface area contributed by atoms with Gasteiger partial charge in [-0.3, -0.25) is 4.79 Å². The number of benzene rings is 1. The lowest BCUT2D eigenvalue weighted by atomic mass is 9.88. The Hall–Kier alpha value is -1.98. The van der Waals surface area contributed by atoms with Crippen LogP contribution in [0.15, 0.2) is 12.1 Å². The highest BCUT2D eigenvalue weighted by atomic mass is 19.1. The molecule has 2 unspecified atom stereocenters. The molecular formula is C20H27F2NO3. The van der Waals surface area contributed by atoms with Crippen LogP contribution >= 0.6 is 0 Å². The Bertz CT molecular complexity index is 697. The molecule has 0 aliphatic carbocycles. The summed E-state index contributed by atoms with van der Waals surface area (Å²) in [4.78, 5) is 26.6. The number of nitrogens with zero attached hydrogens (tertiary/aromatic N) is 1. The van der Waals surface area contributed by atoms with Crippen LogP contribution in [0.25, 0.3) is 0 Å². The van der Waals surface area contributed by atoms with Crippen molar-refractivity contribution in [2.75, 3.05) is 6.54 Å². The fourth-order valence-electron chi connectivity index (χ4n) is 3.19. The van der Waals surface area contributed by atoms with Crippen molar-refractivity contribution in [3.05, 3.63) is 34.9 Å². The van der Waals surface area contributed by atoms with Crippen molar-refractivity contribution >= 4 is 11.9 Å². The summed E-state index contributed by atoms with van der Waals surface area (Å²) in [5.74, 6) is -1.52. The molecule has 144 valence electrons. The highest BCUT2D eigenvalue weighted by molar-refractivity contribution is 5.97. The van der Waals surface area contributed by atoms with E-state index in [1.54, 1.807) is 25.7 Å². The summed E-state index contributed by atoms with van der Waals surface area (Å²) in [5.41, 5.74) is -0.753. The Balaban J connectivity index is 2.19. The molecule has 4 nitrogen and oxygen atoms in total. The largest absolute Gasteiger partial charge is 0.444 e. The number of ether oxygens (including phenoxy) is 1. The standard InChI is InChI=1S/C20H27F2NO3/c1-12-6-7-23(19(25)26-20(3,4)5)14(8-12)10-18(24)15-11-16(21)13(2)9-17(15)22/h9,11-12,14H,6-8,10H2,1-5H3. The third-order valence-corrected chi connectivity index (χ3v) is 4.58. The number of aryl methyl sites for hydroxylation is 1. The second-order valence-electron chi connectivity index (χ2n) is 8.17. The van der Waals surface area contributed by atoms with E-state index in [-0.39, 0.29) is 23.6 Å². The molecule has 26 heavy (non-hydrogen) atoms. The second kappa shape index (κ2) is 7.72. The molecular weight excluding hydrogens is 340 g/mol. The average Bonchev–Trinajstić information content (AvgIpc) is 2.49. The van der Waals surface area contributed by atoms with Crippen LogP contribution in [0.4, 0.5) is 13.6 Å². The SMILES string of the molecule is Cc1cc(F)c(C(=O)CC2CC(C)CCN2C(=O)OC(C)(C)C)cc1F. The number of likely N-dealkylation sites (tertiary alicyclic amines) is 1. The van der Waals surface area contributed by atoms with Gasteiger partial charge in [0.05, 0.1) is 5.56 Å². The Kier molecular flexibility index (Phi) is 6.04. The summed E-state index contributed by atoms with van der Waals surface area (Å²) in [7, 11) is 0. The Morgan fingerprint density at radius 2 is 1.88 bits per heavy atom. The average molecular weight is 367 g/mol. The molecule has 2 atom stereocenters. The van der Waals surface area contributed by atoms with Crippen LogP contribution in [0.2, 0.25) is 0 Å². The van der Waals surface area contributed by atoms with Gasteiger partial charge in [-0.15, -0.1) is 0 Å². The fraction of sp³-hybridized carbons (Fsp3) is 0.600. The molecule has 1 fully saturated rings. The summed E-state index contributed by atoms with van der Waals surface area (Å²) >= 11 is 0. The summed E-state index contributed by atoms with van der Waals surface area (Å²) < 4.78 is 33.3. The van der Waals surface area contributed by atoms with E-state index in [0.717, 1.165) is 18.6 Å². The van der Waals surface area contributed by atoms with Gasteiger partial charge in [-0.2, -0.15) is 0 Å². The minimum Gasteiger partial charge on any atom is -0.444 e. The molecule has 0 bridgehead atoms. The van der Waals surface area contributed by atoms with Gasteiger partial charge < -0.3 is 9.64 Å². The molecule has 1 aliphatic rings. The molecule has 6 heteroatoms. The normalized spacial score (nSPS) is 20.8. The number of carbonyl (C=O) groups is 2. The van der Waals surface area contributed by atoms with Gasteiger partial charge in [0.2, 0.25) is 0 Å². The van der Waals surface area contributed by atoms with Crippen LogP contribution in [0, 0.1) is 24.5 Å². The fourth-order valence-corrected chi connectivity index (χ4v) is 3.19. The molecule has 1 heterocycles. The number of ketones is 1. The summed E-state index contributed by atoms with van der Waals surface area (Å²) in [5, 5.41) is 0. The second-order valence-corrected chi connectivity index (χ2v) is 8.17. The van der Waals surface area contributed by atoms with E-state index in [4.69, 9.17) is 4.74 Å². The number of carbonyl (C=O) groups excluding carboxylic acids is 2. The molecule has 0 saturated carbocycles. The molecule has 0 radical (unpaired) electrons. The predicted octanol–water partition coefficient (Wildman–Crippen LogP) is 4.88. The van der Waals surface area contributed by atoms with Gasteiger partial charge in [-0.1, -0.05) is 6.92 Å². The van der Waals surface area contributed by atoms with Gasteiger partial charge in [0.15, 0.2) is 5.78 Å². The molecule has 1 saturated heterocycles. The zero-order valence-electron chi connectivity index (χ0n) is 16.1. The first-order valence-electron chi connectivity index (χ1n) is 8.96. The quantitative estimate of drug-likeness (QED) is 0.715. The van der Waals surface area contributed by atoms with Gasteiger partial charge in [0, 0.05) is 19.0 Å². The number of halogens is 2. The van der Waals surface area contributed by atoms with Gasteiger partial charge in [-0.25, -0.2) is 13.6 Å². The van der Waals surface area contributed by atoms with E-state index in [0.29, 0.717) is 18.9 Å². The van der Waals surface area contributed by atoms with Crippen molar-refractivity contribution in [1.82, 2.24) is 4.90 Å². The van der Waals surface area contributed by atoms with Crippen LogP contribution < -0.4 is 0 Å². The number of rotatable bonds is 3. The number of Topliss-reactive ketones (excluding diaryl/α,β-unsaturated/α-hetero) is 1. The molecule has 1 aliphatic heterocycles. The Labute approximate surface area is 153 Å². The lowest BCUT2D eigenvalue weighted by Crippen LogP contribution is -2.48. The minimum absolute atomic E-state index is 0.0526. The first-order valence-corrected chi connectivity index (χ1v) is 8.96. The minimum atomic E-state index is -0.735. The monoisotopic (exact) mass is 367 g/mol. The van der Waals surface area contributed by atoms with E-state index in [9.17, 15) is 18.4 Å². The molecule has 0 N–H and O–H groups in total. The lowest BCUT2D eigenvalue weighted by Gasteiger charge is -2.39. The topological polar surface area (TPSA) is 46.6 Å². The lowest BCUT2D eigenvalue weighted by molar-refractivity contribution is 0.00513. The molecule has 1 aromatic carbocycles. The van der Waals surface area contributed by atoms with E-state index >= 15 is 0 Å². The predicted molar refractivity (Wildman–Crippen MR) is 95.2 cm³/mol. The molecule has 1 aromatic rings. The van der Waals surface area contributed by atoms with Crippen LogP contribution in [-0.4, -0.2) is 35.0 Å². The van der Waals surface area contributed by atoms with E-state index in [1.807, 2.05) is 0 Å². The zero-order valence-corrected chi connectivity index (χ0v) is 16.1. The number of piperidine rings is 1. The van der Waals surface area contributed by atoms with Gasteiger partial charge >= 0.3 is 6.09 Å². The van der Waals surface area contributed by atoms with E-state index in [1.165, 1.54) is 6.92 Å². The van der Waals surface area contributed by atoms with Gasteiger partial charge in [0.1, 0.15) is 17.2 Å². The van der Waals surface area contributed by atoms with Crippen LogP contribution in [0.1, 0.15) is 62.9 Å². The number of hydrogen-bond donors (Lipinski definition) is 0. The van der Waals surface area contributed by atoms with Crippen molar-refractivity contribution in [2.45, 2.75) is 65.5 Å². The summed E-state index contributed by atoms with van der Waals surface area (Å²) in [6.07, 6.45) is 0.916. The van der Waals surface area contributed by atoms with Crippen molar-refractivity contribution in [2.24, 2.45) is 5.92 Å². The highest BCUT2D eigenvalue weighted by Crippen LogP contribution is 2.28. The third-order valence-electron chi connectivity index (χ3n) is 4.58. The maximum atomic E-state index is 14.1.